The molecule has 0 radical (unpaired) electrons. The van der Waals surface area contributed by atoms with Crippen molar-refractivity contribution in [3.63, 3.8) is 0 Å². The molecule has 2 rings (SSSR count). The number of allylic oxidation sites excluding steroid dienone is 2. The van der Waals surface area contributed by atoms with Gasteiger partial charge in [-0.15, -0.1) is 0 Å². The van der Waals surface area contributed by atoms with E-state index >= 15 is 0 Å². The summed E-state index contributed by atoms with van der Waals surface area (Å²) < 4.78 is 11.5. The summed E-state index contributed by atoms with van der Waals surface area (Å²) in [4.78, 5) is 0. The molecule has 2 saturated carbocycles. The molecule has 24 heavy (non-hydrogen) atoms. The van der Waals surface area contributed by atoms with E-state index in [0.717, 1.165) is 50.1 Å². The minimum atomic E-state index is 0.788. The molecule has 0 atom stereocenters. The average molecular weight is 335 g/mol. The number of ether oxygens (including phenoxy) is 2. The van der Waals surface area contributed by atoms with Gasteiger partial charge in [0.15, 0.2) is 0 Å². The predicted molar refractivity (Wildman–Crippen MR) is 102 cm³/mol. The molecule has 0 aromatic carbocycles. The molecule has 0 amide bonds. The van der Waals surface area contributed by atoms with Crippen molar-refractivity contribution in [2.75, 3.05) is 26.4 Å². The van der Waals surface area contributed by atoms with Crippen molar-refractivity contribution < 1.29 is 9.47 Å². The second kappa shape index (κ2) is 11.9. The van der Waals surface area contributed by atoms with E-state index in [1.54, 1.807) is 0 Å². The molecule has 0 N–H and O–H groups in total. The van der Waals surface area contributed by atoms with Crippen LogP contribution in [0.4, 0.5) is 0 Å². The van der Waals surface area contributed by atoms with E-state index in [0.29, 0.717) is 0 Å². The third kappa shape index (κ3) is 7.11. The number of hydrogen-bond donors (Lipinski definition) is 0. The van der Waals surface area contributed by atoms with E-state index in [2.05, 4.69) is 38.2 Å². The van der Waals surface area contributed by atoms with Gasteiger partial charge in [-0.3, -0.25) is 0 Å². The van der Waals surface area contributed by atoms with Crippen molar-refractivity contribution in [2.24, 2.45) is 23.7 Å². The van der Waals surface area contributed by atoms with Crippen molar-refractivity contribution in [3.8, 4) is 0 Å². The molecular weight excluding hydrogens is 296 g/mol. The lowest BCUT2D eigenvalue weighted by atomic mass is 9.69. The first kappa shape index (κ1) is 19.7. The monoisotopic (exact) mass is 334 g/mol. The average Bonchev–Trinajstić information content (AvgIpc) is 2.64. The van der Waals surface area contributed by atoms with Crippen molar-refractivity contribution in [1.82, 2.24) is 0 Å². The summed E-state index contributed by atoms with van der Waals surface area (Å²) in [5.74, 6) is 3.59. The zero-order chi connectivity index (χ0) is 17.0. The van der Waals surface area contributed by atoms with Crippen LogP contribution in [0, 0.1) is 23.7 Å². The van der Waals surface area contributed by atoms with Gasteiger partial charge in [-0.1, -0.05) is 24.3 Å². The standard InChI is InChI=1S/C22H38O2/c1-3-5-15-23-17-19-7-11-21(12-8-19)22-13-9-20(10-14-22)18-24-16-6-4-2/h3-6,19-22H,7-18H2,1-2H3/b5-3-,6-4-/t19-,20?,21-,22?. The lowest BCUT2D eigenvalue weighted by Gasteiger charge is -2.37. The fourth-order valence-electron chi connectivity index (χ4n) is 4.45. The summed E-state index contributed by atoms with van der Waals surface area (Å²) in [5.41, 5.74) is 0. The van der Waals surface area contributed by atoms with Gasteiger partial charge in [-0.25, -0.2) is 0 Å². The van der Waals surface area contributed by atoms with Gasteiger partial charge in [0.1, 0.15) is 0 Å². The molecule has 2 aliphatic rings. The quantitative estimate of drug-likeness (QED) is 0.393. The zero-order valence-electron chi connectivity index (χ0n) is 15.9. The minimum Gasteiger partial charge on any atom is -0.377 e. The first-order chi connectivity index (χ1) is 11.8. The molecule has 2 nitrogen and oxygen atoms in total. The number of rotatable bonds is 9. The Morgan fingerprint density at radius 3 is 1.33 bits per heavy atom. The predicted octanol–water partition coefficient (Wildman–Crippen LogP) is 5.78. The van der Waals surface area contributed by atoms with Crippen LogP contribution in [0.5, 0.6) is 0 Å². The van der Waals surface area contributed by atoms with Crippen LogP contribution >= 0.6 is 0 Å². The van der Waals surface area contributed by atoms with Gasteiger partial charge in [-0.2, -0.15) is 0 Å². The summed E-state index contributed by atoms with van der Waals surface area (Å²) in [6.07, 6.45) is 19.6. The van der Waals surface area contributed by atoms with Crippen molar-refractivity contribution in [3.05, 3.63) is 24.3 Å². The Labute approximate surface area is 149 Å². The van der Waals surface area contributed by atoms with Crippen LogP contribution in [0.2, 0.25) is 0 Å². The largest absolute Gasteiger partial charge is 0.377 e. The van der Waals surface area contributed by atoms with Crippen molar-refractivity contribution in [1.29, 1.82) is 0 Å². The lowest BCUT2D eigenvalue weighted by molar-refractivity contribution is 0.0630. The summed E-state index contributed by atoms with van der Waals surface area (Å²) >= 11 is 0. The SMILES string of the molecule is C/C=C\COCC1CCC([C@H]2CC[C@H](COC/C=C\C)CC2)CC1. The Morgan fingerprint density at radius 2 is 1.00 bits per heavy atom. The maximum Gasteiger partial charge on any atom is 0.0647 e. The van der Waals surface area contributed by atoms with Gasteiger partial charge in [0.2, 0.25) is 0 Å². The summed E-state index contributed by atoms with van der Waals surface area (Å²) in [6, 6.07) is 0. The third-order valence-corrected chi connectivity index (χ3v) is 6.06. The van der Waals surface area contributed by atoms with Crippen LogP contribution in [0.15, 0.2) is 24.3 Å². The van der Waals surface area contributed by atoms with E-state index in [1.807, 2.05) is 0 Å². The van der Waals surface area contributed by atoms with E-state index < -0.39 is 0 Å². The normalized spacial score (nSPS) is 31.9. The van der Waals surface area contributed by atoms with Gasteiger partial charge in [0.05, 0.1) is 13.2 Å². The van der Waals surface area contributed by atoms with E-state index in [9.17, 15) is 0 Å². The topological polar surface area (TPSA) is 18.5 Å². The molecule has 138 valence electrons. The highest BCUT2D eigenvalue weighted by molar-refractivity contribution is 4.83. The molecule has 2 aliphatic carbocycles. The third-order valence-electron chi connectivity index (χ3n) is 6.06. The van der Waals surface area contributed by atoms with Crippen LogP contribution < -0.4 is 0 Å². The van der Waals surface area contributed by atoms with Crippen LogP contribution in [-0.2, 0) is 9.47 Å². The van der Waals surface area contributed by atoms with Crippen LogP contribution in [0.1, 0.15) is 65.2 Å². The Bertz CT molecular complexity index is 322. The highest BCUT2D eigenvalue weighted by atomic mass is 16.5. The molecule has 2 heteroatoms. The lowest BCUT2D eigenvalue weighted by Crippen LogP contribution is -2.28. The first-order valence-corrected chi connectivity index (χ1v) is 10.2. The molecular formula is C22H38O2. The maximum atomic E-state index is 5.76. The Hall–Kier alpha value is -0.600. The summed E-state index contributed by atoms with van der Waals surface area (Å²) in [6.45, 7) is 7.61. The van der Waals surface area contributed by atoms with Gasteiger partial charge >= 0.3 is 0 Å². The van der Waals surface area contributed by atoms with E-state index in [-0.39, 0.29) is 0 Å². The summed E-state index contributed by atoms with van der Waals surface area (Å²) in [7, 11) is 0. The Morgan fingerprint density at radius 1 is 0.625 bits per heavy atom. The maximum absolute atomic E-state index is 5.76. The Balaban J connectivity index is 1.57. The van der Waals surface area contributed by atoms with E-state index in [1.165, 1.54) is 51.4 Å². The molecule has 2 fully saturated rings. The molecule has 0 unspecified atom stereocenters. The highest BCUT2D eigenvalue weighted by Gasteiger charge is 2.30. The molecule has 0 heterocycles. The zero-order valence-corrected chi connectivity index (χ0v) is 15.9. The number of hydrogen-bond acceptors (Lipinski definition) is 2. The molecule has 0 bridgehead atoms. The molecule has 0 spiro atoms. The molecule has 0 aliphatic heterocycles. The van der Waals surface area contributed by atoms with Crippen molar-refractivity contribution >= 4 is 0 Å². The molecule has 0 aromatic heterocycles. The van der Waals surface area contributed by atoms with Gasteiger partial charge in [0.25, 0.3) is 0 Å². The van der Waals surface area contributed by atoms with Crippen LogP contribution in [-0.4, -0.2) is 26.4 Å². The second-order valence-electron chi connectivity index (χ2n) is 7.77. The van der Waals surface area contributed by atoms with Gasteiger partial charge in [0, 0.05) is 13.2 Å². The fourth-order valence-corrected chi connectivity index (χ4v) is 4.45. The fraction of sp³-hybridized carbons (Fsp3) is 0.818. The smallest absolute Gasteiger partial charge is 0.0647 e. The van der Waals surface area contributed by atoms with Gasteiger partial charge in [-0.05, 0) is 88.9 Å². The molecule has 0 aromatic rings. The minimum absolute atomic E-state index is 0.788. The Kier molecular flexibility index (Phi) is 9.75. The van der Waals surface area contributed by atoms with Crippen LogP contribution in [0.3, 0.4) is 0 Å². The van der Waals surface area contributed by atoms with Gasteiger partial charge < -0.3 is 9.47 Å². The van der Waals surface area contributed by atoms with Crippen LogP contribution in [0.25, 0.3) is 0 Å². The second-order valence-corrected chi connectivity index (χ2v) is 7.77. The molecule has 0 saturated heterocycles. The van der Waals surface area contributed by atoms with Crippen molar-refractivity contribution in [2.45, 2.75) is 65.2 Å². The first-order valence-electron chi connectivity index (χ1n) is 10.2. The highest BCUT2D eigenvalue weighted by Crippen LogP contribution is 2.41. The van der Waals surface area contributed by atoms with E-state index in [4.69, 9.17) is 9.47 Å². The summed E-state index contributed by atoms with van der Waals surface area (Å²) in [5, 5.41) is 0.